The van der Waals surface area contributed by atoms with Crippen LogP contribution in [0.15, 0.2) is 18.2 Å². The Bertz CT molecular complexity index is 435. The zero-order chi connectivity index (χ0) is 15.5. The van der Waals surface area contributed by atoms with E-state index in [9.17, 15) is 4.39 Å². The molecule has 0 saturated carbocycles. The van der Waals surface area contributed by atoms with Gasteiger partial charge < -0.3 is 11.1 Å². The molecule has 0 aliphatic heterocycles. The van der Waals surface area contributed by atoms with Gasteiger partial charge in [0.2, 0.25) is 0 Å². The van der Waals surface area contributed by atoms with Crippen molar-refractivity contribution in [2.24, 2.45) is 5.73 Å². The van der Waals surface area contributed by atoms with E-state index in [1.807, 2.05) is 0 Å². The van der Waals surface area contributed by atoms with E-state index in [0.29, 0.717) is 5.56 Å². The smallest absolute Gasteiger partial charge is 0.124 e. The minimum absolute atomic E-state index is 0.230. The molecule has 0 saturated heterocycles. The summed E-state index contributed by atoms with van der Waals surface area (Å²) in [7, 11) is 0. The number of hydrogen-bond donors (Lipinski definition) is 2. The van der Waals surface area contributed by atoms with Gasteiger partial charge in [0.15, 0.2) is 0 Å². The van der Waals surface area contributed by atoms with Crippen molar-refractivity contribution < 1.29 is 4.39 Å². The lowest BCUT2D eigenvalue weighted by Gasteiger charge is -2.11. The number of thiocarbonyl (C=S) groups is 1. The number of benzene rings is 1. The fraction of sp³-hybridized carbons (Fsp3) is 0.588. The number of unbranched alkanes of at least 4 members (excludes halogenated alkanes) is 7. The van der Waals surface area contributed by atoms with Crippen LogP contribution in [0, 0.1) is 5.82 Å². The van der Waals surface area contributed by atoms with Gasteiger partial charge in [-0.05, 0) is 24.6 Å². The number of rotatable bonds is 11. The lowest BCUT2D eigenvalue weighted by Crippen LogP contribution is -2.14. The van der Waals surface area contributed by atoms with E-state index in [-0.39, 0.29) is 10.8 Å². The van der Waals surface area contributed by atoms with Crippen LogP contribution >= 0.6 is 12.2 Å². The Morgan fingerprint density at radius 2 is 1.71 bits per heavy atom. The standard InChI is InChI=1S/C17H27FN2S/c1-2-3-4-5-6-7-8-9-12-20-16-11-10-14(18)13-15(16)17(19)21/h10-11,13,20H,2-9,12H2,1H3,(H2,19,21). The highest BCUT2D eigenvalue weighted by molar-refractivity contribution is 7.80. The van der Waals surface area contributed by atoms with Crippen molar-refractivity contribution in [3.63, 3.8) is 0 Å². The first kappa shape index (κ1) is 17.9. The Hall–Kier alpha value is -1.16. The summed E-state index contributed by atoms with van der Waals surface area (Å²) >= 11 is 4.95. The largest absolute Gasteiger partial charge is 0.389 e. The second-order valence-corrected chi connectivity index (χ2v) is 5.90. The molecular weight excluding hydrogens is 283 g/mol. The Morgan fingerprint density at radius 3 is 2.33 bits per heavy atom. The molecule has 0 amide bonds. The van der Waals surface area contributed by atoms with Crippen molar-refractivity contribution in [1.29, 1.82) is 0 Å². The van der Waals surface area contributed by atoms with Gasteiger partial charge in [0.05, 0.1) is 0 Å². The van der Waals surface area contributed by atoms with E-state index in [1.54, 1.807) is 6.07 Å². The summed E-state index contributed by atoms with van der Waals surface area (Å²) in [6.07, 6.45) is 10.3. The van der Waals surface area contributed by atoms with Crippen LogP contribution in [0.1, 0.15) is 63.9 Å². The zero-order valence-corrected chi connectivity index (χ0v) is 13.8. The highest BCUT2D eigenvalue weighted by atomic mass is 32.1. The topological polar surface area (TPSA) is 38.0 Å². The number of hydrogen-bond acceptors (Lipinski definition) is 2. The van der Waals surface area contributed by atoms with Crippen molar-refractivity contribution in [2.75, 3.05) is 11.9 Å². The van der Waals surface area contributed by atoms with Crippen LogP contribution in [0.2, 0.25) is 0 Å². The summed E-state index contributed by atoms with van der Waals surface area (Å²) in [6, 6.07) is 4.52. The Kier molecular flexibility index (Phi) is 8.99. The van der Waals surface area contributed by atoms with Gasteiger partial charge in [0, 0.05) is 17.8 Å². The second kappa shape index (κ2) is 10.6. The molecule has 1 rings (SSSR count). The molecule has 0 heterocycles. The molecule has 118 valence electrons. The van der Waals surface area contributed by atoms with E-state index in [0.717, 1.165) is 18.7 Å². The summed E-state index contributed by atoms with van der Waals surface area (Å²) in [6.45, 7) is 3.11. The molecule has 0 spiro atoms. The van der Waals surface area contributed by atoms with Crippen LogP contribution in [-0.4, -0.2) is 11.5 Å². The molecule has 1 aromatic rings. The third-order valence-electron chi connectivity index (χ3n) is 3.59. The van der Waals surface area contributed by atoms with Gasteiger partial charge in [-0.25, -0.2) is 4.39 Å². The number of halogens is 1. The van der Waals surface area contributed by atoms with E-state index in [2.05, 4.69) is 12.2 Å². The van der Waals surface area contributed by atoms with Crippen LogP contribution in [0.4, 0.5) is 10.1 Å². The Morgan fingerprint density at radius 1 is 1.10 bits per heavy atom. The molecule has 0 aromatic heterocycles. The lowest BCUT2D eigenvalue weighted by atomic mass is 10.1. The fourth-order valence-corrected chi connectivity index (χ4v) is 2.53. The van der Waals surface area contributed by atoms with Crippen molar-refractivity contribution >= 4 is 22.9 Å². The molecule has 0 unspecified atom stereocenters. The summed E-state index contributed by atoms with van der Waals surface area (Å²) in [5, 5.41) is 3.30. The van der Waals surface area contributed by atoms with E-state index >= 15 is 0 Å². The van der Waals surface area contributed by atoms with Gasteiger partial charge in [-0.2, -0.15) is 0 Å². The monoisotopic (exact) mass is 310 g/mol. The first-order chi connectivity index (χ1) is 10.1. The van der Waals surface area contributed by atoms with Crippen LogP contribution in [0.5, 0.6) is 0 Å². The molecule has 0 bridgehead atoms. The van der Waals surface area contributed by atoms with E-state index in [4.69, 9.17) is 18.0 Å². The highest BCUT2D eigenvalue weighted by Crippen LogP contribution is 2.17. The van der Waals surface area contributed by atoms with Gasteiger partial charge in [-0.1, -0.05) is 64.1 Å². The molecule has 0 aliphatic rings. The quantitative estimate of drug-likeness (QED) is 0.445. The zero-order valence-electron chi connectivity index (χ0n) is 13.0. The highest BCUT2D eigenvalue weighted by Gasteiger charge is 2.06. The molecule has 0 fully saturated rings. The van der Waals surface area contributed by atoms with Crippen molar-refractivity contribution in [2.45, 2.75) is 58.3 Å². The Labute approximate surface area is 133 Å². The number of nitrogens with two attached hydrogens (primary N) is 1. The van der Waals surface area contributed by atoms with Gasteiger partial charge >= 0.3 is 0 Å². The Balaban J connectivity index is 2.20. The fourth-order valence-electron chi connectivity index (χ4n) is 2.36. The van der Waals surface area contributed by atoms with E-state index in [1.165, 1.54) is 57.1 Å². The van der Waals surface area contributed by atoms with E-state index < -0.39 is 0 Å². The molecule has 1 aromatic carbocycles. The van der Waals surface area contributed by atoms with Crippen LogP contribution in [0.25, 0.3) is 0 Å². The summed E-state index contributed by atoms with van der Waals surface area (Å²) in [5.41, 5.74) is 7.03. The average Bonchev–Trinajstić information content (AvgIpc) is 2.46. The average molecular weight is 310 g/mol. The minimum Gasteiger partial charge on any atom is -0.389 e. The van der Waals surface area contributed by atoms with Gasteiger partial charge in [0.1, 0.15) is 10.8 Å². The predicted molar refractivity (Wildman–Crippen MR) is 93.4 cm³/mol. The number of nitrogens with one attached hydrogen (secondary N) is 1. The molecule has 0 radical (unpaired) electrons. The maximum absolute atomic E-state index is 13.2. The first-order valence-corrected chi connectivity index (χ1v) is 8.39. The number of anilines is 1. The van der Waals surface area contributed by atoms with Crippen LogP contribution in [-0.2, 0) is 0 Å². The maximum Gasteiger partial charge on any atom is 0.124 e. The third-order valence-corrected chi connectivity index (χ3v) is 3.81. The van der Waals surface area contributed by atoms with Crippen LogP contribution in [0.3, 0.4) is 0 Å². The lowest BCUT2D eigenvalue weighted by molar-refractivity contribution is 0.581. The van der Waals surface area contributed by atoms with Crippen molar-refractivity contribution in [1.82, 2.24) is 0 Å². The second-order valence-electron chi connectivity index (χ2n) is 5.46. The molecular formula is C17H27FN2S. The summed E-state index contributed by atoms with van der Waals surface area (Å²) in [5.74, 6) is -0.310. The first-order valence-electron chi connectivity index (χ1n) is 7.98. The van der Waals surface area contributed by atoms with Gasteiger partial charge in [0.25, 0.3) is 0 Å². The molecule has 4 heteroatoms. The predicted octanol–water partition coefficient (Wildman–Crippen LogP) is 5.01. The summed E-state index contributed by atoms with van der Waals surface area (Å²) < 4.78 is 13.2. The minimum atomic E-state index is -0.310. The SMILES string of the molecule is CCCCCCCCCCNc1ccc(F)cc1C(N)=S. The molecule has 3 N–H and O–H groups in total. The van der Waals surface area contributed by atoms with Gasteiger partial charge in [-0.15, -0.1) is 0 Å². The normalized spacial score (nSPS) is 10.6. The third kappa shape index (κ3) is 7.42. The maximum atomic E-state index is 13.2. The molecule has 2 nitrogen and oxygen atoms in total. The molecule has 21 heavy (non-hydrogen) atoms. The molecule has 0 aliphatic carbocycles. The van der Waals surface area contributed by atoms with Crippen molar-refractivity contribution in [3.05, 3.63) is 29.6 Å². The van der Waals surface area contributed by atoms with Crippen molar-refractivity contribution in [3.8, 4) is 0 Å². The summed E-state index contributed by atoms with van der Waals surface area (Å²) in [4.78, 5) is 0.230. The molecule has 0 atom stereocenters. The van der Waals surface area contributed by atoms with Crippen LogP contribution < -0.4 is 11.1 Å². The van der Waals surface area contributed by atoms with Gasteiger partial charge in [-0.3, -0.25) is 0 Å².